The summed E-state index contributed by atoms with van der Waals surface area (Å²) in [5.41, 5.74) is 6.05. The Morgan fingerprint density at radius 1 is 1.23 bits per heavy atom. The Hall–Kier alpha value is -1.84. The van der Waals surface area contributed by atoms with E-state index in [9.17, 15) is 4.39 Å². The molecule has 0 bridgehead atoms. The van der Waals surface area contributed by atoms with Crippen molar-refractivity contribution in [2.75, 3.05) is 5.73 Å². The Morgan fingerprint density at radius 2 is 1.92 bits per heavy atom. The van der Waals surface area contributed by atoms with Crippen molar-refractivity contribution >= 4 is 5.88 Å². The molecule has 0 unspecified atom stereocenters. The lowest BCUT2D eigenvalue weighted by Crippen LogP contribution is -1.78. The van der Waals surface area contributed by atoms with Crippen LogP contribution >= 0.6 is 0 Å². The van der Waals surface area contributed by atoms with Crippen molar-refractivity contribution in [3.63, 3.8) is 0 Å². The number of anilines is 1. The Kier molecular flexibility index (Phi) is 1.73. The van der Waals surface area contributed by atoms with Gasteiger partial charge in [-0.15, -0.1) is 0 Å². The van der Waals surface area contributed by atoms with Crippen LogP contribution in [0.1, 0.15) is 0 Å². The summed E-state index contributed by atoms with van der Waals surface area (Å²) < 4.78 is 17.6. The van der Waals surface area contributed by atoms with Gasteiger partial charge in [0.25, 0.3) is 0 Å². The molecule has 0 fully saturated rings. The van der Waals surface area contributed by atoms with Crippen LogP contribution in [0.15, 0.2) is 34.9 Å². The van der Waals surface area contributed by atoms with E-state index in [0.29, 0.717) is 11.5 Å². The van der Waals surface area contributed by atoms with Crippen LogP contribution in [0.5, 0.6) is 0 Å². The molecule has 0 amide bonds. The number of nitrogen functional groups attached to an aromatic ring is 1. The maximum absolute atomic E-state index is 12.5. The van der Waals surface area contributed by atoms with E-state index in [1.54, 1.807) is 12.1 Å². The number of nitrogens with zero attached hydrogens (tertiary/aromatic N) is 1. The van der Waals surface area contributed by atoms with Crippen molar-refractivity contribution in [2.45, 2.75) is 0 Å². The molecule has 0 saturated carbocycles. The summed E-state index contributed by atoms with van der Waals surface area (Å²) in [6.07, 6.45) is 1.42. The topological polar surface area (TPSA) is 52.0 Å². The van der Waals surface area contributed by atoms with Gasteiger partial charge >= 0.3 is 0 Å². The molecule has 2 rings (SSSR count). The van der Waals surface area contributed by atoms with Gasteiger partial charge in [0.1, 0.15) is 5.82 Å². The monoisotopic (exact) mass is 178 g/mol. The van der Waals surface area contributed by atoms with E-state index in [1.807, 2.05) is 0 Å². The predicted octanol–water partition coefficient (Wildman–Crippen LogP) is 2.06. The van der Waals surface area contributed by atoms with Gasteiger partial charge in [0.2, 0.25) is 11.8 Å². The molecule has 4 heteroatoms. The molecule has 2 aromatic rings. The zero-order valence-corrected chi connectivity index (χ0v) is 6.70. The van der Waals surface area contributed by atoms with Crippen LogP contribution in [0, 0.1) is 5.82 Å². The van der Waals surface area contributed by atoms with Crippen LogP contribution in [-0.4, -0.2) is 4.98 Å². The Labute approximate surface area is 74.0 Å². The van der Waals surface area contributed by atoms with E-state index in [0.717, 1.165) is 0 Å². The standard InChI is InChI=1S/C9H7FN2O/c10-7-3-1-6(2-4-7)9-12-5-8(11)13-9/h1-5H,11H2. The number of hydrogen-bond donors (Lipinski definition) is 1. The number of rotatable bonds is 1. The van der Waals surface area contributed by atoms with Gasteiger partial charge < -0.3 is 10.2 Å². The molecule has 0 saturated heterocycles. The van der Waals surface area contributed by atoms with Crippen LogP contribution in [0.25, 0.3) is 11.5 Å². The van der Waals surface area contributed by atoms with Gasteiger partial charge in [-0.2, -0.15) is 0 Å². The first-order chi connectivity index (χ1) is 6.25. The van der Waals surface area contributed by atoms with E-state index < -0.39 is 0 Å². The zero-order valence-electron chi connectivity index (χ0n) is 6.70. The van der Waals surface area contributed by atoms with E-state index in [1.165, 1.54) is 18.3 Å². The van der Waals surface area contributed by atoms with Crippen LogP contribution in [0.4, 0.5) is 10.3 Å². The molecule has 1 heterocycles. The molecule has 3 nitrogen and oxygen atoms in total. The summed E-state index contributed by atoms with van der Waals surface area (Å²) in [6, 6.07) is 5.85. The minimum atomic E-state index is -0.289. The fraction of sp³-hybridized carbons (Fsp3) is 0. The molecular formula is C9H7FN2O. The van der Waals surface area contributed by atoms with E-state index in [2.05, 4.69) is 4.98 Å². The average molecular weight is 178 g/mol. The lowest BCUT2D eigenvalue weighted by atomic mass is 10.2. The molecule has 66 valence electrons. The van der Waals surface area contributed by atoms with Gasteiger partial charge in [0.05, 0.1) is 6.20 Å². The van der Waals surface area contributed by atoms with Gasteiger partial charge in [0.15, 0.2) is 0 Å². The zero-order chi connectivity index (χ0) is 9.26. The number of oxazole rings is 1. The predicted molar refractivity (Wildman–Crippen MR) is 46.3 cm³/mol. The van der Waals surface area contributed by atoms with E-state index in [4.69, 9.17) is 10.2 Å². The van der Waals surface area contributed by atoms with Crippen molar-refractivity contribution in [1.82, 2.24) is 4.98 Å². The molecule has 2 N–H and O–H groups in total. The van der Waals surface area contributed by atoms with Crippen LogP contribution in [0.2, 0.25) is 0 Å². The second kappa shape index (κ2) is 2.90. The Bertz CT molecular complexity index is 408. The van der Waals surface area contributed by atoms with Gasteiger partial charge in [-0.1, -0.05) is 0 Å². The summed E-state index contributed by atoms with van der Waals surface area (Å²) in [7, 11) is 0. The molecule has 0 atom stereocenters. The first-order valence-electron chi connectivity index (χ1n) is 3.73. The molecule has 0 aliphatic carbocycles. The first kappa shape index (κ1) is 7.79. The van der Waals surface area contributed by atoms with E-state index >= 15 is 0 Å². The third-order valence-electron chi connectivity index (χ3n) is 1.61. The second-order valence-corrected chi connectivity index (χ2v) is 2.57. The second-order valence-electron chi connectivity index (χ2n) is 2.57. The SMILES string of the molecule is Nc1cnc(-c2ccc(F)cc2)o1. The molecule has 0 aliphatic heterocycles. The number of halogens is 1. The highest BCUT2D eigenvalue weighted by Gasteiger charge is 2.03. The number of nitrogens with two attached hydrogens (primary N) is 1. The molecule has 1 aromatic heterocycles. The van der Waals surface area contributed by atoms with Crippen LogP contribution in [0.3, 0.4) is 0 Å². The van der Waals surface area contributed by atoms with Gasteiger partial charge in [-0.3, -0.25) is 0 Å². The summed E-state index contributed by atoms with van der Waals surface area (Å²) in [6.45, 7) is 0. The third-order valence-corrected chi connectivity index (χ3v) is 1.61. The molecule has 0 radical (unpaired) electrons. The number of aromatic nitrogens is 1. The first-order valence-corrected chi connectivity index (χ1v) is 3.73. The highest BCUT2D eigenvalue weighted by Crippen LogP contribution is 2.19. The van der Waals surface area contributed by atoms with Crippen molar-refractivity contribution in [3.8, 4) is 11.5 Å². The molecular weight excluding hydrogens is 171 g/mol. The summed E-state index contributed by atoms with van der Waals surface area (Å²) in [4.78, 5) is 3.90. The van der Waals surface area contributed by atoms with E-state index in [-0.39, 0.29) is 11.7 Å². The summed E-state index contributed by atoms with van der Waals surface area (Å²) in [5.74, 6) is 0.361. The van der Waals surface area contributed by atoms with Gasteiger partial charge in [0, 0.05) is 5.56 Å². The average Bonchev–Trinajstić information content (AvgIpc) is 2.53. The number of hydrogen-bond acceptors (Lipinski definition) is 3. The van der Waals surface area contributed by atoms with Crippen LogP contribution < -0.4 is 5.73 Å². The molecule has 1 aromatic carbocycles. The summed E-state index contributed by atoms with van der Waals surface area (Å²) >= 11 is 0. The van der Waals surface area contributed by atoms with Crippen LogP contribution in [-0.2, 0) is 0 Å². The largest absolute Gasteiger partial charge is 0.421 e. The highest BCUT2D eigenvalue weighted by molar-refractivity contribution is 5.53. The molecule has 0 spiro atoms. The minimum absolute atomic E-state index is 0.249. The number of benzene rings is 1. The highest BCUT2D eigenvalue weighted by atomic mass is 19.1. The maximum Gasteiger partial charge on any atom is 0.228 e. The van der Waals surface area contributed by atoms with Crippen molar-refractivity contribution in [3.05, 3.63) is 36.3 Å². The van der Waals surface area contributed by atoms with Crippen molar-refractivity contribution < 1.29 is 8.81 Å². The quantitative estimate of drug-likeness (QED) is 0.727. The third kappa shape index (κ3) is 1.51. The van der Waals surface area contributed by atoms with Crippen molar-refractivity contribution in [1.29, 1.82) is 0 Å². The van der Waals surface area contributed by atoms with Gasteiger partial charge in [-0.05, 0) is 24.3 Å². The molecule has 13 heavy (non-hydrogen) atoms. The fourth-order valence-corrected chi connectivity index (χ4v) is 1.01. The van der Waals surface area contributed by atoms with Gasteiger partial charge in [-0.25, -0.2) is 9.37 Å². The summed E-state index contributed by atoms with van der Waals surface area (Å²) in [5, 5.41) is 0. The lowest BCUT2D eigenvalue weighted by molar-refractivity contribution is 0.593. The Balaban J connectivity index is 2.41. The smallest absolute Gasteiger partial charge is 0.228 e. The fourth-order valence-electron chi connectivity index (χ4n) is 1.01. The normalized spacial score (nSPS) is 10.2. The Morgan fingerprint density at radius 3 is 2.46 bits per heavy atom. The minimum Gasteiger partial charge on any atom is -0.421 e. The van der Waals surface area contributed by atoms with Crippen molar-refractivity contribution in [2.24, 2.45) is 0 Å². The maximum atomic E-state index is 12.5. The molecule has 0 aliphatic rings. The lowest BCUT2D eigenvalue weighted by Gasteiger charge is -1.93.